The van der Waals surface area contributed by atoms with Crippen molar-refractivity contribution in [1.29, 1.82) is 0 Å². The Morgan fingerprint density at radius 2 is 1.47 bits per heavy atom. The van der Waals surface area contributed by atoms with Crippen molar-refractivity contribution < 1.29 is 67.0 Å². The summed E-state index contributed by atoms with van der Waals surface area (Å²) in [6.07, 6.45) is -7.70. The van der Waals surface area contributed by atoms with Crippen molar-refractivity contribution in [3.8, 4) is 0 Å². The molecule has 2 saturated heterocycles. The third kappa shape index (κ3) is 7.50. The predicted molar refractivity (Wildman–Crippen MR) is 228 cm³/mol. The molecule has 0 spiro atoms. The first-order chi connectivity index (χ1) is 29.7. The maximum Gasteiger partial charge on any atom is 0.413 e. The van der Waals surface area contributed by atoms with Gasteiger partial charge in [-0.25, -0.2) is 14.4 Å². The summed E-state index contributed by atoms with van der Waals surface area (Å²) in [6, 6.07) is 15.9. The minimum atomic E-state index is -2.25. The number of esters is 4. The van der Waals surface area contributed by atoms with Crippen LogP contribution in [0.15, 0.2) is 71.8 Å². The number of carbonyl (C=O) groups is 6. The van der Waals surface area contributed by atoms with Crippen molar-refractivity contribution in [2.75, 3.05) is 6.61 Å². The van der Waals surface area contributed by atoms with Crippen molar-refractivity contribution >= 4 is 35.8 Å². The molecule has 2 aliphatic heterocycles. The van der Waals surface area contributed by atoms with E-state index in [9.17, 15) is 29.1 Å². The molecule has 2 aromatic rings. The van der Waals surface area contributed by atoms with E-state index in [1.807, 2.05) is 6.92 Å². The van der Waals surface area contributed by atoms with Crippen LogP contribution in [0.2, 0.25) is 0 Å². The Hall–Kier alpha value is -5.12. The first kappa shape index (κ1) is 46.9. The number of ether oxygens (including phenoxy) is 7. The number of amides is 1. The van der Waals surface area contributed by atoms with Crippen LogP contribution in [-0.4, -0.2) is 105 Å². The number of rotatable bonds is 7. The van der Waals surface area contributed by atoms with Gasteiger partial charge in [0.1, 0.15) is 41.3 Å². The Morgan fingerprint density at radius 1 is 0.859 bits per heavy atom. The second kappa shape index (κ2) is 16.1. The van der Waals surface area contributed by atoms with E-state index < -0.39 is 124 Å². The molecule has 1 unspecified atom stereocenters. The molecule has 0 aromatic heterocycles. The first-order valence-electron chi connectivity index (χ1n) is 21.9. The number of hydrogen-bond acceptors (Lipinski definition) is 14. The first-order valence-corrected chi connectivity index (χ1v) is 21.9. The lowest BCUT2D eigenvalue weighted by Gasteiger charge is -2.68. The molecule has 4 fully saturated rings. The van der Waals surface area contributed by atoms with Gasteiger partial charge in [0, 0.05) is 31.1 Å². The zero-order valence-corrected chi connectivity index (χ0v) is 38.7. The predicted octanol–water partition coefficient (Wildman–Crippen LogP) is 6.59. The number of carbonyl (C=O) groups excluding carboxylic acids is 6. The van der Waals surface area contributed by atoms with E-state index in [1.54, 1.807) is 123 Å². The molecule has 15 nitrogen and oxygen atoms in total. The van der Waals surface area contributed by atoms with Crippen LogP contribution in [0.5, 0.6) is 0 Å². The number of nitrogens with zero attached hydrogens (tertiary/aromatic N) is 1. The molecule has 346 valence electrons. The highest BCUT2D eigenvalue weighted by molar-refractivity contribution is 5.95. The quantitative estimate of drug-likeness (QED) is 0.178. The van der Waals surface area contributed by atoms with E-state index >= 15 is 4.79 Å². The molecule has 2 bridgehead atoms. The third-order valence-corrected chi connectivity index (χ3v) is 14.4. The van der Waals surface area contributed by atoms with Crippen molar-refractivity contribution in [2.24, 2.45) is 22.7 Å². The molecule has 64 heavy (non-hydrogen) atoms. The zero-order chi connectivity index (χ0) is 47.1. The van der Waals surface area contributed by atoms with Crippen molar-refractivity contribution in [2.45, 2.75) is 155 Å². The fraction of sp³-hybridized carbons (Fsp3) is 0.592. The molecule has 15 heteroatoms. The molecule has 2 saturated carbocycles. The third-order valence-electron chi connectivity index (χ3n) is 14.4. The molecule has 2 heterocycles. The van der Waals surface area contributed by atoms with Crippen molar-refractivity contribution in [3.05, 3.63) is 82.9 Å². The summed E-state index contributed by atoms with van der Waals surface area (Å²) in [5.41, 5.74) is -8.10. The number of benzene rings is 2. The van der Waals surface area contributed by atoms with Crippen LogP contribution in [0.4, 0.5) is 4.79 Å². The van der Waals surface area contributed by atoms with Crippen LogP contribution >= 0.6 is 0 Å². The summed E-state index contributed by atoms with van der Waals surface area (Å²) in [7, 11) is 0. The van der Waals surface area contributed by atoms with E-state index in [0.717, 1.165) is 0 Å². The molecular formula is C49H61NO14. The van der Waals surface area contributed by atoms with Crippen LogP contribution < -0.4 is 0 Å². The van der Waals surface area contributed by atoms with E-state index in [2.05, 4.69) is 0 Å². The van der Waals surface area contributed by atoms with Gasteiger partial charge < -0.3 is 38.3 Å². The molecule has 1 N–H and O–H groups in total. The highest BCUT2D eigenvalue weighted by Crippen LogP contribution is 2.66. The van der Waals surface area contributed by atoms with Gasteiger partial charge in [-0.15, -0.1) is 0 Å². The van der Waals surface area contributed by atoms with Gasteiger partial charge in [-0.05, 0) is 82.7 Å². The van der Waals surface area contributed by atoms with E-state index in [-0.39, 0.29) is 24.2 Å². The van der Waals surface area contributed by atoms with Crippen molar-refractivity contribution in [3.63, 3.8) is 0 Å². The summed E-state index contributed by atoms with van der Waals surface area (Å²) in [6.45, 7) is 19.1. The average Bonchev–Trinajstić information content (AvgIpc) is 3.49. The van der Waals surface area contributed by atoms with Gasteiger partial charge >= 0.3 is 30.0 Å². The maximum absolute atomic E-state index is 15.8. The van der Waals surface area contributed by atoms with Gasteiger partial charge in [0.15, 0.2) is 23.6 Å². The topological polar surface area (TPSA) is 190 Å². The second-order valence-electron chi connectivity index (χ2n) is 20.3. The fourth-order valence-electron chi connectivity index (χ4n) is 11.2. The molecule has 5 aliphatic rings. The van der Waals surface area contributed by atoms with Crippen LogP contribution in [-0.2, 0) is 52.3 Å². The van der Waals surface area contributed by atoms with Gasteiger partial charge in [0.2, 0.25) is 0 Å². The molecule has 1 amide bonds. The summed E-state index contributed by atoms with van der Waals surface area (Å²) < 4.78 is 43.6. The van der Waals surface area contributed by atoms with Crippen LogP contribution in [0.25, 0.3) is 0 Å². The van der Waals surface area contributed by atoms with Gasteiger partial charge in [-0.2, -0.15) is 0 Å². The highest BCUT2D eigenvalue weighted by Gasteiger charge is 2.78. The Balaban J connectivity index is 1.42. The molecule has 7 rings (SSSR count). The molecule has 2 aromatic carbocycles. The average molecular weight is 888 g/mol. The van der Waals surface area contributed by atoms with Crippen LogP contribution in [0, 0.1) is 22.7 Å². The lowest BCUT2D eigenvalue weighted by molar-refractivity contribution is -0.340. The Bertz CT molecular complexity index is 2250. The SMILES string of the molecule is CC(=O)O[C@H]1C(=O)[C@@]2(C)C([C@H](OC(=O)c3ccccc3)[C@]3(O)C[C@H](OC(=O)[C@@H]4OC(C)(C)N(C(=O)OC(C)(C)C)[C@H]4c4ccccc4)C(C)=C1C3(C)C)[C@]1(OC(C)=O)CO[C@@H]1C[C@@H]2C. The Kier molecular flexibility index (Phi) is 11.8. The summed E-state index contributed by atoms with van der Waals surface area (Å²) in [5, 5.41) is 13.9. The number of Topliss-reactive ketones (excluding diaryl/α,β-unsaturated/α-hetero) is 1. The summed E-state index contributed by atoms with van der Waals surface area (Å²) in [5.74, 6) is -5.63. The van der Waals surface area contributed by atoms with Gasteiger partial charge in [-0.1, -0.05) is 76.2 Å². The lowest BCUT2D eigenvalue weighted by atomic mass is 9.43. The normalized spacial score (nSPS) is 35.0. The maximum atomic E-state index is 15.8. The smallest absolute Gasteiger partial charge is 0.413 e. The zero-order valence-electron chi connectivity index (χ0n) is 38.7. The molecule has 11 atom stereocenters. The summed E-state index contributed by atoms with van der Waals surface area (Å²) in [4.78, 5) is 86.7. The number of hydrogen-bond donors (Lipinski definition) is 1. The van der Waals surface area contributed by atoms with Gasteiger partial charge in [0.05, 0.1) is 18.1 Å². The minimum absolute atomic E-state index is 0.150. The van der Waals surface area contributed by atoms with Gasteiger partial charge in [0.25, 0.3) is 0 Å². The minimum Gasteiger partial charge on any atom is -0.456 e. The number of fused-ring (bicyclic) bond motifs is 5. The lowest BCUT2D eigenvalue weighted by Crippen LogP contribution is -2.80. The van der Waals surface area contributed by atoms with E-state index in [4.69, 9.17) is 33.2 Å². The number of ketones is 1. The highest BCUT2D eigenvalue weighted by atomic mass is 16.6. The Morgan fingerprint density at radius 3 is 2.02 bits per heavy atom. The van der Waals surface area contributed by atoms with Crippen molar-refractivity contribution in [1.82, 2.24) is 4.90 Å². The molecule has 0 radical (unpaired) electrons. The Labute approximate surface area is 374 Å². The summed E-state index contributed by atoms with van der Waals surface area (Å²) >= 11 is 0. The van der Waals surface area contributed by atoms with Gasteiger partial charge in [-0.3, -0.25) is 19.3 Å². The number of aliphatic hydroxyl groups is 1. The van der Waals surface area contributed by atoms with Crippen LogP contribution in [0.3, 0.4) is 0 Å². The standard InChI is InChI=1S/C49H61NO14/c1-26-23-33-48(25-58-33,62-29(4)52)38-40(61-41(54)31-21-17-14-18-22-31)49(57)24-32(27(2)34(45(49,8)9)36(59-28(3)51)39(53)47(26,38)12)60-42(55)37-35(30-19-15-13-16-20-30)50(46(10,11)63-37)43(56)64-44(5,6)7/h13-22,26,32-33,35-38,40,57H,23-25H2,1-12H3/t26-,32-,33+,35-,36+,37+,38?,40-,47+,48-,49+/m0/s1. The monoisotopic (exact) mass is 887 g/mol. The fourth-order valence-corrected chi connectivity index (χ4v) is 11.2. The van der Waals surface area contributed by atoms with E-state index in [1.165, 1.54) is 18.7 Å². The molecule has 3 aliphatic carbocycles. The second-order valence-corrected chi connectivity index (χ2v) is 20.3. The van der Waals surface area contributed by atoms with E-state index in [0.29, 0.717) is 11.1 Å². The molecular weight excluding hydrogens is 827 g/mol. The largest absolute Gasteiger partial charge is 0.456 e. The van der Waals surface area contributed by atoms with Crippen LogP contribution in [0.1, 0.15) is 118 Å².